The van der Waals surface area contributed by atoms with Crippen molar-refractivity contribution in [2.75, 3.05) is 0 Å². The van der Waals surface area contributed by atoms with Crippen LogP contribution in [0.4, 0.5) is 0 Å². The number of benzene rings is 1. The second-order valence-electron chi connectivity index (χ2n) is 3.95. The maximum absolute atomic E-state index is 11.7. The molecule has 1 N–H and O–H groups in total. The van der Waals surface area contributed by atoms with Crippen LogP contribution in [0.3, 0.4) is 0 Å². The first kappa shape index (κ1) is 11.5. The highest BCUT2D eigenvalue weighted by molar-refractivity contribution is 6.30. The number of nitrogens with zero attached hydrogens (tertiary/aromatic N) is 3. The van der Waals surface area contributed by atoms with Crippen molar-refractivity contribution in [2.24, 2.45) is 0 Å². The molecule has 0 aliphatic carbocycles. The van der Waals surface area contributed by atoms with E-state index in [1.807, 2.05) is 18.2 Å². The zero-order valence-electron chi connectivity index (χ0n) is 9.59. The van der Waals surface area contributed by atoms with Crippen molar-refractivity contribution in [1.29, 1.82) is 5.26 Å². The molecule has 0 saturated heterocycles. The van der Waals surface area contributed by atoms with Crippen LogP contribution in [-0.4, -0.2) is 14.4 Å². The van der Waals surface area contributed by atoms with E-state index in [-0.39, 0.29) is 5.69 Å². The molecule has 0 amide bonds. The van der Waals surface area contributed by atoms with Gasteiger partial charge < -0.3 is 4.98 Å². The first-order valence-electron chi connectivity index (χ1n) is 5.46. The zero-order valence-corrected chi connectivity index (χ0v) is 10.3. The Balaban J connectivity index is 2.27. The Kier molecular flexibility index (Phi) is 2.58. The maximum Gasteiger partial charge on any atom is 0.331 e. The second-order valence-corrected chi connectivity index (χ2v) is 4.38. The minimum absolute atomic E-state index is 0.319. The van der Waals surface area contributed by atoms with Gasteiger partial charge in [0.2, 0.25) is 0 Å². The second kappa shape index (κ2) is 4.26. The molecule has 3 rings (SSSR count). The summed E-state index contributed by atoms with van der Waals surface area (Å²) in [6, 6.07) is 9.11. The Hall–Kier alpha value is -2.58. The van der Waals surface area contributed by atoms with Crippen molar-refractivity contribution < 1.29 is 0 Å². The number of rotatable bonds is 1. The molecule has 0 aliphatic rings. The highest BCUT2D eigenvalue weighted by Gasteiger charge is 2.10. The van der Waals surface area contributed by atoms with E-state index in [0.29, 0.717) is 21.9 Å². The molecule has 6 heteroatoms. The summed E-state index contributed by atoms with van der Waals surface area (Å²) in [5.74, 6) is 0. The highest BCUT2D eigenvalue weighted by atomic mass is 35.5. The van der Waals surface area contributed by atoms with Crippen molar-refractivity contribution in [3.8, 4) is 17.3 Å². The van der Waals surface area contributed by atoms with Gasteiger partial charge in [0.25, 0.3) is 0 Å². The summed E-state index contributed by atoms with van der Waals surface area (Å²) in [6.45, 7) is 0. The van der Waals surface area contributed by atoms with Crippen LogP contribution < -0.4 is 5.69 Å². The van der Waals surface area contributed by atoms with Gasteiger partial charge in [0.15, 0.2) is 5.65 Å². The van der Waals surface area contributed by atoms with Gasteiger partial charge in [-0.25, -0.2) is 14.2 Å². The first-order valence-corrected chi connectivity index (χ1v) is 5.83. The number of imidazole rings is 1. The van der Waals surface area contributed by atoms with Crippen LogP contribution in [0.1, 0.15) is 5.56 Å². The standard InChI is InChI=1S/C13H7ClN4O/c14-10-3-1-8(2-4-10)11-7-18-12(17-11)9(5-15)6-16-13(18)19/h1-4,6-7H,(H,16,19). The number of aromatic amines is 1. The molecule has 0 bridgehead atoms. The predicted octanol–water partition coefficient (Wildman–Crippen LogP) is 2.21. The third-order valence-corrected chi connectivity index (χ3v) is 3.02. The number of nitriles is 1. The number of fused-ring (bicyclic) bond motifs is 1. The average molecular weight is 271 g/mol. The summed E-state index contributed by atoms with van der Waals surface area (Å²) >= 11 is 5.83. The van der Waals surface area contributed by atoms with Gasteiger partial charge >= 0.3 is 5.69 Å². The van der Waals surface area contributed by atoms with Gasteiger partial charge in [-0.15, -0.1) is 0 Å². The SMILES string of the molecule is N#Cc1c[nH]c(=O)n2cc(-c3ccc(Cl)cc3)nc12. The third-order valence-electron chi connectivity index (χ3n) is 2.77. The fraction of sp³-hybridized carbons (Fsp3) is 0. The van der Waals surface area contributed by atoms with Crippen molar-refractivity contribution in [1.82, 2.24) is 14.4 Å². The van der Waals surface area contributed by atoms with Gasteiger partial charge in [0.05, 0.1) is 5.69 Å². The lowest BCUT2D eigenvalue weighted by molar-refractivity contribution is 0.997. The van der Waals surface area contributed by atoms with Crippen LogP contribution in [0.2, 0.25) is 5.02 Å². The zero-order chi connectivity index (χ0) is 13.4. The summed E-state index contributed by atoms with van der Waals surface area (Å²) in [4.78, 5) is 18.5. The molecule has 19 heavy (non-hydrogen) atoms. The summed E-state index contributed by atoms with van der Waals surface area (Å²) < 4.78 is 1.32. The van der Waals surface area contributed by atoms with E-state index in [1.165, 1.54) is 10.6 Å². The van der Waals surface area contributed by atoms with Gasteiger partial charge in [-0.1, -0.05) is 23.7 Å². The molecular formula is C13H7ClN4O. The minimum atomic E-state index is -0.332. The number of hydrogen-bond donors (Lipinski definition) is 1. The Bertz CT molecular complexity index is 855. The fourth-order valence-corrected chi connectivity index (χ4v) is 1.96. The van der Waals surface area contributed by atoms with Crippen LogP contribution in [0.15, 0.2) is 41.5 Å². The quantitative estimate of drug-likeness (QED) is 0.737. The van der Waals surface area contributed by atoms with Crippen molar-refractivity contribution >= 4 is 17.2 Å². The molecule has 0 saturated carbocycles. The number of halogens is 1. The summed E-state index contributed by atoms with van der Waals surface area (Å²) in [7, 11) is 0. The Labute approximate surface area is 112 Å². The lowest BCUT2D eigenvalue weighted by Gasteiger charge is -1.94. The smallest absolute Gasteiger partial charge is 0.312 e. The minimum Gasteiger partial charge on any atom is -0.312 e. The van der Waals surface area contributed by atoms with Crippen LogP contribution >= 0.6 is 11.6 Å². The summed E-state index contributed by atoms with van der Waals surface area (Å²) in [6.07, 6.45) is 2.95. The van der Waals surface area contributed by atoms with Gasteiger partial charge in [0, 0.05) is 23.0 Å². The molecule has 2 aromatic heterocycles. The molecule has 1 aromatic carbocycles. The third kappa shape index (κ3) is 1.88. The van der Waals surface area contributed by atoms with Crippen molar-refractivity contribution in [3.05, 3.63) is 57.7 Å². The predicted molar refractivity (Wildman–Crippen MR) is 71.0 cm³/mol. The molecular weight excluding hydrogens is 264 g/mol. The molecule has 0 radical (unpaired) electrons. The van der Waals surface area contributed by atoms with Gasteiger partial charge in [0.1, 0.15) is 11.6 Å². The van der Waals surface area contributed by atoms with E-state index in [1.54, 1.807) is 18.3 Å². The number of aromatic nitrogens is 3. The van der Waals surface area contributed by atoms with Crippen LogP contribution in [-0.2, 0) is 0 Å². The summed E-state index contributed by atoms with van der Waals surface area (Å²) in [5, 5.41) is 9.63. The monoisotopic (exact) mass is 270 g/mol. The van der Waals surface area contributed by atoms with E-state index in [4.69, 9.17) is 16.9 Å². The molecule has 0 aliphatic heterocycles. The lowest BCUT2D eigenvalue weighted by atomic mass is 10.2. The summed E-state index contributed by atoms with van der Waals surface area (Å²) in [5.41, 5.74) is 1.78. The molecule has 0 atom stereocenters. The molecule has 0 spiro atoms. The van der Waals surface area contributed by atoms with Crippen LogP contribution in [0.5, 0.6) is 0 Å². The molecule has 5 nitrogen and oxygen atoms in total. The Morgan fingerprint density at radius 1 is 1.32 bits per heavy atom. The fourth-order valence-electron chi connectivity index (χ4n) is 1.84. The number of nitrogens with one attached hydrogen (secondary N) is 1. The molecule has 92 valence electrons. The Morgan fingerprint density at radius 3 is 2.74 bits per heavy atom. The molecule has 2 heterocycles. The lowest BCUT2D eigenvalue weighted by Crippen LogP contribution is -2.15. The van der Waals surface area contributed by atoms with E-state index >= 15 is 0 Å². The van der Waals surface area contributed by atoms with Crippen LogP contribution in [0.25, 0.3) is 16.9 Å². The topological polar surface area (TPSA) is 74.0 Å². The van der Waals surface area contributed by atoms with Gasteiger partial charge in [-0.05, 0) is 12.1 Å². The van der Waals surface area contributed by atoms with E-state index in [0.717, 1.165) is 5.56 Å². The van der Waals surface area contributed by atoms with E-state index in [9.17, 15) is 4.79 Å². The molecule has 3 aromatic rings. The highest BCUT2D eigenvalue weighted by Crippen LogP contribution is 2.21. The van der Waals surface area contributed by atoms with E-state index < -0.39 is 0 Å². The average Bonchev–Trinajstić information content (AvgIpc) is 2.86. The van der Waals surface area contributed by atoms with Crippen LogP contribution in [0, 0.1) is 11.3 Å². The molecule has 0 unspecified atom stereocenters. The molecule has 0 fully saturated rings. The largest absolute Gasteiger partial charge is 0.331 e. The van der Waals surface area contributed by atoms with Crippen molar-refractivity contribution in [3.63, 3.8) is 0 Å². The normalized spacial score (nSPS) is 10.5. The maximum atomic E-state index is 11.7. The van der Waals surface area contributed by atoms with Crippen molar-refractivity contribution in [2.45, 2.75) is 0 Å². The number of hydrogen-bond acceptors (Lipinski definition) is 3. The van der Waals surface area contributed by atoms with E-state index in [2.05, 4.69) is 9.97 Å². The Morgan fingerprint density at radius 2 is 2.05 bits per heavy atom. The first-order chi connectivity index (χ1) is 9.19. The van der Waals surface area contributed by atoms with Gasteiger partial charge in [-0.2, -0.15) is 5.26 Å². The number of H-pyrrole nitrogens is 1. The van der Waals surface area contributed by atoms with Gasteiger partial charge in [-0.3, -0.25) is 0 Å².